The van der Waals surface area contributed by atoms with Gasteiger partial charge in [-0.1, -0.05) is 0 Å². The van der Waals surface area contributed by atoms with Crippen LogP contribution in [0.3, 0.4) is 0 Å². The van der Waals surface area contributed by atoms with Crippen LogP contribution in [-0.2, 0) is 0 Å². The Bertz CT molecular complexity index is 2480. The quantitative estimate of drug-likeness (QED) is 0.163. The van der Waals surface area contributed by atoms with Crippen LogP contribution in [0.25, 0.3) is 91.3 Å². The van der Waals surface area contributed by atoms with Crippen LogP contribution in [0.1, 0.15) is 0 Å². The van der Waals surface area contributed by atoms with E-state index in [0.717, 1.165) is 0 Å². The van der Waals surface area contributed by atoms with Gasteiger partial charge in [-0.3, -0.25) is 0 Å². The Labute approximate surface area is 259 Å². The summed E-state index contributed by atoms with van der Waals surface area (Å²) in [5, 5.41) is 11.0. The Kier molecular flexibility index (Phi) is 5.02. The number of thiophene rings is 3. The molecule has 10 rings (SSSR count). The molecular formula is C38H20S3Se. The summed E-state index contributed by atoms with van der Waals surface area (Å²) < 4.78 is 8.73. The van der Waals surface area contributed by atoms with Crippen molar-refractivity contribution in [2.75, 3.05) is 0 Å². The van der Waals surface area contributed by atoms with Crippen molar-refractivity contribution < 1.29 is 0 Å². The molecule has 4 aromatic heterocycles. The molecule has 0 saturated heterocycles. The molecular weight excluding hydrogens is 632 g/mol. The van der Waals surface area contributed by atoms with Crippen molar-refractivity contribution in [3.8, 4) is 20.9 Å². The van der Waals surface area contributed by atoms with E-state index in [1.54, 1.807) is 4.26 Å². The van der Waals surface area contributed by atoms with E-state index in [0.29, 0.717) is 14.5 Å². The average molecular weight is 652 g/mol. The van der Waals surface area contributed by atoms with Crippen LogP contribution in [0, 0.1) is 0 Å². The van der Waals surface area contributed by atoms with Crippen LogP contribution in [0.15, 0.2) is 121 Å². The zero-order chi connectivity index (χ0) is 27.4. The summed E-state index contributed by atoms with van der Waals surface area (Å²) in [6.45, 7) is 0. The summed E-state index contributed by atoms with van der Waals surface area (Å²) in [6.07, 6.45) is 0. The summed E-state index contributed by atoms with van der Waals surface area (Å²) in [6, 6.07) is 45.7. The number of rotatable bonds is 2. The molecule has 42 heavy (non-hydrogen) atoms. The second-order valence-corrected chi connectivity index (χ2v) is 16.4. The van der Waals surface area contributed by atoms with Crippen molar-refractivity contribution in [3.63, 3.8) is 0 Å². The third kappa shape index (κ3) is 3.57. The molecule has 0 amide bonds. The van der Waals surface area contributed by atoms with Crippen LogP contribution >= 0.6 is 34.0 Å². The predicted molar refractivity (Wildman–Crippen MR) is 190 cm³/mol. The van der Waals surface area contributed by atoms with Gasteiger partial charge in [0.1, 0.15) is 0 Å². The van der Waals surface area contributed by atoms with Gasteiger partial charge in [0.25, 0.3) is 0 Å². The molecule has 6 aromatic carbocycles. The van der Waals surface area contributed by atoms with E-state index in [4.69, 9.17) is 0 Å². The van der Waals surface area contributed by atoms with Crippen molar-refractivity contribution in [1.29, 1.82) is 0 Å². The third-order valence-corrected chi connectivity index (χ3v) is 14.6. The van der Waals surface area contributed by atoms with Crippen LogP contribution in [0.4, 0.5) is 0 Å². The summed E-state index contributed by atoms with van der Waals surface area (Å²) in [4.78, 5) is 2.68. The molecule has 0 bridgehead atoms. The number of fused-ring (bicyclic) bond motifs is 9. The van der Waals surface area contributed by atoms with Crippen molar-refractivity contribution >= 4 is 119 Å². The van der Waals surface area contributed by atoms with Gasteiger partial charge in [0.15, 0.2) is 0 Å². The molecule has 0 aliphatic carbocycles. The third-order valence-electron chi connectivity index (χ3n) is 8.38. The van der Waals surface area contributed by atoms with Crippen LogP contribution in [0.5, 0.6) is 0 Å². The molecule has 0 aliphatic heterocycles. The Hall–Kier alpha value is -3.76. The summed E-state index contributed by atoms with van der Waals surface area (Å²) in [5.74, 6) is 0. The summed E-state index contributed by atoms with van der Waals surface area (Å²) >= 11 is 6.10. The first-order valence-corrected chi connectivity index (χ1v) is 18.1. The monoisotopic (exact) mass is 652 g/mol. The van der Waals surface area contributed by atoms with Gasteiger partial charge in [-0.25, -0.2) is 0 Å². The van der Waals surface area contributed by atoms with Crippen molar-refractivity contribution in [2.45, 2.75) is 0 Å². The Morgan fingerprint density at radius 2 is 0.929 bits per heavy atom. The molecule has 10 aromatic rings. The van der Waals surface area contributed by atoms with E-state index in [1.807, 2.05) is 34.0 Å². The standard InChI is InChI=1S/C38H20S3Se/c1-3-7-21(8-4-1)31-18-27-11-23-13-29-35(17-25(23)15-33(27)39-31)41-37-30-14-24-12-28-19-32(22-9-5-2-6-10-22)40-34(28)16-26(24)20-36(30)42-38(29)37/h1-20H. The zero-order valence-electron chi connectivity index (χ0n) is 22.2. The van der Waals surface area contributed by atoms with Gasteiger partial charge < -0.3 is 0 Å². The first-order valence-electron chi connectivity index (χ1n) is 14.0. The second kappa shape index (κ2) is 8.87. The van der Waals surface area contributed by atoms with Gasteiger partial charge in [0.05, 0.1) is 0 Å². The van der Waals surface area contributed by atoms with E-state index < -0.39 is 0 Å². The van der Waals surface area contributed by atoms with E-state index in [2.05, 4.69) is 121 Å². The van der Waals surface area contributed by atoms with Gasteiger partial charge in [-0.2, -0.15) is 0 Å². The number of hydrogen-bond acceptors (Lipinski definition) is 3. The minimum atomic E-state index is 0.317. The van der Waals surface area contributed by atoms with Crippen molar-refractivity contribution in [1.82, 2.24) is 0 Å². The van der Waals surface area contributed by atoms with E-state index in [1.165, 1.54) is 87.0 Å². The first-order chi connectivity index (χ1) is 20.7. The SMILES string of the molecule is c1ccc(-c2cc3cc4cc5c(cc4cc3s2)sc2c3cc4cc6cc(-c7ccccc7)sc6cc4cc3[se]c52)cc1. The van der Waals surface area contributed by atoms with Gasteiger partial charge >= 0.3 is 261 Å². The van der Waals surface area contributed by atoms with Crippen molar-refractivity contribution in [3.05, 3.63) is 121 Å². The Balaban J connectivity index is 1.14. The van der Waals surface area contributed by atoms with Gasteiger partial charge in [0, 0.05) is 0 Å². The zero-order valence-corrected chi connectivity index (χ0v) is 26.3. The summed E-state index contributed by atoms with van der Waals surface area (Å²) in [7, 11) is 0. The van der Waals surface area contributed by atoms with Crippen molar-refractivity contribution in [2.24, 2.45) is 0 Å². The van der Waals surface area contributed by atoms with Crippen LogP contribution in [-0.4, -0.2) is 14.5 Å². The molecule has 0 spiro atoms. The molecule has 0 radical (unpaired) electrons. The van der Waals surface area contributed by atoms with Crippen LogP contribution in [0.2, 0.25) is 0 Å². The molecule has 4 heterocycles. The van der Waals surface area contributed by atoms with E-state index in [9.17, 15) is 0 Å². The maximum absolute atomic E-state index is 2.48. The first kappa shape index (κ1) is 23.8. The average Bonchev–Trinajstić information content (AvgIpc) is 3.79. The molecule has 0 atom stereocenters. The fourth-order valence-electron chi connectivity index (χ4n) is 6.31. The van der Waals surface area contributed by atoms with E-state index >= 15 is 0 Å². The molecule has 0 unspecified atom stereocenters. The molecule has 0 aliphatic rings. The van der Waals surface area contributed by atoms with Gasteiger partial charge in [0.2, 0.25) is 0 Å². The predicted octanol–water partition coefficient (Wildman–Crippen LogP) is 12.3. The molecule has 0 nitrogen and oxygen atoms in total. The second-order valence-electron chi connectivity index (χ2n) is 11.0. The molecule has 0 N–H and O–H groups in total. The molecule has 196 valence electrons. The Morgan fingerprint density at radius 3 is 1.55 bits per heavy atom. The normalized spacial score (nSPS) is 12.3. The fraction of sp³-hybridized carbons (Fsp3) is 0. The summed E-state index contributed by atoms with van der Waals surface area (Å²) in [5.41, 5.74) is 2.60. The minimum absolute atomic E-state index is 0.317. The molecule has 0 saturated carbocycles. The molecule has 0 fully saturated rings. The van der Waals surface area contributed by atoms with E-state index in [-0.39, 0.29) is 0 Å². The number of hydrogen-bond donors (Lipinski definition) is 0. The molecule has 4 heteroatoms. The maximum atomic E-state index is 2.48. The topological polar surface area (TPSA) is 0 Å². The number of benzene rings is 6. The fourth-order valence-corrected chi connectivity index (χ4v) is 12.9. The van der Waals surface area contributed by atoms with Gasteiger partial charge in [-0.15, -0.1) is 0 Å². The Morgan fingerprint density at radius 1 is 0.405 bits per heavy atom. The van der Waals surface area contributed by atoms with Gasteiger partial charge in [-0.05, 0) is 0 Å². The van der Waals surface area contributed by atoms with Crippen LogP contribution < -0.4 is 0 Å².